The molecular weight excluding hydrogens is 418 g/mol. The van der Waals surface area contributed by atoms with Gasteiger partial charge in [0.15, 0.2) is 0 Å². The number of aromatic nitrogens is 1. The Kier molecular flexibility index (Phi) is 6.16. The third-order valence-electron chi connectivity index (χ3n) is 5.26. The monoisotopic (exact) mass is 439 g/mol. The molecule has 0 atom stereocenters. The van der Waals surface area contributed by atoms with E-state index in [0.29, 0.717) is 35.8 Å². The summed E-state index contributed by atoms with van der Waals surface area (Å²) in [5, 5.41) is 4.39. The number of benzene rings is 2. The largest absolute Gasteiger partial charge is 0.338 e. The van der Waals surface area contributed by atoms with Gasteiger partial charge < -0.3 is 10.2 Å². The Morgan fingerprint density at radius 3 is 2.53 bits per heavy atom. The third-order valence-corrected chi connectivity index (χ3v) is 6.69. The van der Waals surface area contributed by atoms with E-state index in [4.69, 9.17) is 11.6 Å². The fourth-order valence-electron chi connectivity index (χ4n) is 3.59. The van der Waals surface area contributed by atoms with E-state index in [1.165, 1.54) is 11.3 Å². The van der Waals surface area contributed by atoms with E-state index in [0.717, 1.165) is 22.0 Å². The Labute approximate surface area is 184 Å². The van der Waals surface area contributed by atoms with Gasteiger partial charge in [-0.1, -0.05) is 41.9 Å². The van der Waals surface area contributed by atoms with Gasteiger partial charge in [-0.05, 0) is 44.0 Å². The van der Waals surface area contributed by atoms with Crippen molar-refractivity contribution in [2.24, 2.45) is 5.92 Å². The summed E-state index contributed by atoms with van der Waals surface area (Å²) in [6.07, 6.45) is 1.31. The Bertz CT molecular complexity index is 1060. The maximum Gasteiger partial charge on any atom is 0.265 e. The van der Waals surface area contributed by atoms with Crippen LogP contribution in [0.5, 0.6) is 0 Å². The van der Waals surface area contributed by atoms with E-state index in [1.807, 2.05) is 66.4 Å². The molecule has 0 aliphatic carbocycles. The fraction of sp³-hybridized carbons (Fsp3) is 0.261. The zero-order chi connectivity index (χ0) is 21.1. The lowest BCUT2D eigenvalue weighted by Gasteiger charge is -2.31. The normalized spacial score (nSPS) is 14.5. The van der Waals surface area contributed by atoms with Gasteiger partial charge in [0.25, 0.3) is 5.91 Å². The first kappa shape index (κ1) is 20.6. The van der Waals surface area contributed by atoms with Gasteiger partial charge in [-0.15, -0.1) is 11.3 Å². The van der Waals surface area contributed by atoms with Crippen LogP contribution in [0.15, 0.2) is 54.6 Å². The topological polar surface area (TPSA) is 62.3 Å². The predicted molar refractivity (Wildman–Crippen MR) is 121 cm³/mol. The number of piperidine rings is 1. The van der Waals surface area contributed by atoms with Gasteiger partial charge in [0.1, 0.15) is 9.88 Å². The summed E-state index contributed by atoms with van der Waals surface area (Å²) in [7, 11) is 0. The molecule has 5 nitrogen and oxygen atoms in total. The minimum atomic E-state index is -0.0844. The molecule has 2 amide bonds. The average Bonchev–Trinajstić information content (AvgIpc) is 3.16. The standard InChI is InChI=1S/C23H22ClN3O2S/c1-15-20(30-22(25-15)17-6-5-7-18(24)14-17)23(29)27-12-10-16(11-13-27)21(28)26-19-8-3-2-4-9-19/h2-9,14,16H,10-13H2,1H3,(H,26,28). The minimum Gasteiger partial charge on any atom is -0.338 e. The SMILES string of the molecule is Cc1nc(-c2cccc(Cl)c2)sc1C(=O)N1CCC(C(=O)Nc2ccccc2)CC1. The van der Waals surface area contributed by atoms with Gasteiger partial charge >= 0.3 is 0 Å². The molecule has 3 aromatic rings. The second-order valence-corrected chi connectivity index (χ2v) is 8.80. The highest BCUT2D eigenvalue weighted by atomic mass is 35.5. The number of carbonyl (C=O) groups excluding carboxylic acids is 2. The number of halogens is 1. The number of anilines is 1. The number of hydrogen-bond donors (Lipinski definition) is 1. The van der Waals surface area contributed by atoms with Gasteiger partial charge in [0, 0.05) is 35.3 Å². The molecule has 1 aromatic heterocycles. The minimum absolute atomic E-state index is 0.0137. The van der Waals surface area contributed by atoms with Crippen molar-refractivity contribution < 1.29 is 9.59 Å². The number of para-hydroxylation sites is 1. The van der Waals surface area contributed by atoms with E-state index >= 15 is 0 Å². The van der Waals surface area contributed by atoms with Gasteiger partial charge in [-0.25, -0.2) is 4.98 Å². The zero-order valence-electron chi connectivity index (χ0n) is 16.6. The van der Waals surface area contributed by atoms with Gasteiger partial charge in [-0.3, -0.25) is 9.59 Å². The summed E-state index contributed by atoms with van der Waals surface area (Å²) in [6, 6.07) is 16.9. The van der Waals surface area contributed by atoms with E-state index in [1.54, 1.807) is 0 Å². The van der Waals surface area contributed by atoms with Gasteiger partial charge in [-0.2, -0.15) is 0 Å². The average molecular weight is 440 g/mol. The number of nitrogens with one attached hydrogen (secondary N) is 1. The highest BCUT2D eigenvalue weighted by Crippen LogP contribution is 2.31. The number of hydrogen-bond acceptors (Lipinski definition) is 4. The van der Waals surface area contributed by atoms with E-state index in [-0.39, 0.29) is 17.7 Å². The van der Waals surface area contributed by atoms with Crippen LogP contribution in [-0.2, 0) is 4.79 Å². The molecule has 0 unspecified atom stereocenters. The molecule has 1 N–H and O–H groups in total. The van der Waals surface area contributed by atoms with Crippen LogP contribution in [0.3, 0.4) is 0 Å². The molecule has 1 saturated heterocycles. The van der Waals surface area contributed by atoms with Crippen LogP contribution in [0.4, 0.5) is 5.69 Å². The molecule has 4 rings (SSSR count). The van der Waals surface area contributed by atoms with Gasteiger partial charge in [0.2, 0.25) is 5.91 Å². The van der Waals surface area contributed by atoms with Crippen molar-refractivity contribution in [3.8, 4) is 10.6 Å². The summed E-state index contributed by atoms with van der Waals surface area (Å²) in [4.78, 5) is 32.6. The third kappa shape index (κ3) is 4.55. The van der Waals surface area contributed by atoms with Crippen molar-refractivity contribution in [2.45, 2.75) is 19.8 Å². The molecule has 0 radical (unpaired) electrons. The molecular formula is C23H22ClN3O2S. The lowest BCUT2D eigenvalue weighted by atomic mass is 9.95. The lowest BCUT2D eigenvalue weighted by molar-refractivity contribution is -0.121. The zero-order valence-corrected chi connectivity index (χ0v) is 18.2. The van der Waals surface area contributed by atoms with Crippen LogP contribution in [0.25, 0.3) is 10.6 Å². The molecule has 2 heterocycles. The Balaban J connectivity index is 1.39. The summed E-state index contributed by atoms with van der Waals surface area (Å²) in [6.45, 7) is 2.99. The lowest BCUT2D eigenvalue weighted by Crippen LogP contribution is -2.41. The molecule has 1 fully saturated rings. The van der Waals surface area contributed by atoms with E-state index in [2.05, 4.69) is 10.3 Å². The molecule has 1 aliphatic heterocycles. The van der Waals surface area contributed by atoms with Crippen LogP contribution in [-0.4, -0.2) is 34.8 Å². The number of carbonyl (C=O) groups is 2. The number of likely N-dealkylation sites (tertiary alicyclic amines) is 1. The maximum atomic E-state index is 13.1. The first-order valence-corrected chi connectivity index (χ1v) is 11.1. The molecule has 30 heavy (non-hydrogen) atoms. The first-order valence-electron chi connectivity index (χ1n) is 9.90. The second-order valence-electron chi connectivity index (χ2n) is 7.37. The smallest absolute Gasteiger partial charge is 0.265 e. The summed E-state index contributed by atoms with van der Waals surface area (Å²) >= 11 is 7.48. The number of nitrogens with zero attached hydrogens (tertiary/aromatic N) is 2. The number of amides is 2. The van der Waals surface area contributed by atoms with Crippen LogP contribution in [0, 0.1) is 12.8 Å². The van der Waals surface area contributed by atoms with Crippen molar-refractivity contribution >= 4 is 40.4 Å². The van der Waals surface area contributed by atoms with Crippen molar-refractivity contribution in [3.05, 3.63) is 70.2 Å². The maximum absolute atomic E-state index is 13.1. The van der Waals surface area contributed by atoms with Crippen molar-refractivity contribution in [1.82, 2.24) is 9.88 Å². The Hall–Kier alpha value is -2.70. The molecule has 2 aromatic carbocycles. The van der Waals surface area contributed by atoms with Crippen molar-refractivity contribution in [1.29, 1.82) is 0 Å². The van der Waals surface area contributed by atoms with Crippen molar-refractivity contribution in [3.63, 3.8) is 0 Å². The molecule has 0 spiro atoms. The fourth-order valence-corrected chi connectivity index (χ4v) is 4.81. The molecule has 0 bridgehead atoms. The van der Waals surface area contributed by atoms with Crippen LogP contribution < -0.4 is 5.32 Å². The van der Waals surface area contributed by atoms with E-state index in [9.17, 15) is 9.59 Å². The van der Waals surface area contributed by atoms with Gasteiger partial charge in [0.05, 0.1) is 5.69 Å². The number of rotatable bonds is 4. The molecule has 7 heteroatoms. The Morgan fingerprint density at radius 2 is 1.83 bits per heavy atom. The highest BCUT2D eigenvalue weighted by Gasteiger charge is 2.29. The molecule has 154 valence electrons. The van der Waals surface area contributed by atoms with Crippen LogP contribution >= 0.6 is 22.9 Å². The van der Waals surface area contributed by atoms with E-state index < -0.39 is 0 Å². The summed E-state index contributed by atoms with van der Waals surface area (Å²) < 4.78 is 0. The van der Waals surface area contributed by atoms with Crippen molar-refractivity contribution in [2.75, 3.05) is 18.4 Å². The second kappa shape index (κ2) is 8.98. The van der Waals surface area contributed by atoms with Crippen LogP contribution in [0.2, 0.25) is 5.02 Å². The predicted octanol–water partition coefficient (Wildman–Crippen LogP) is 5.26. The molecule has 0 saturated carbocycles. The summed E-state index contributed by atoms with van der Waals surface area (Å²) in [5.74, 6) is -0.0791. The number of thiazole rings is 1. The summed E-state index contributed by atoms with van der Waals surface area (Å²) in [5.41, 5.74) is 2.43. The highest BCUT2D eigenvalue weighted by molar-refractivity contribution is 7.17. The van der Waals surface area contributed by atoms with Crippen LogP contribution in [0.1, 0.15) is 28.2 Å². The molecule has 1 aliphatic rings. The Morgan fingerprint density at radius 1 is 1.10 bits per heavy atom. The quantitative estimate of drug-likeness (QED) is 0.602. The first-order chi connectivity index (χ1) is 14.5. The number of aryl methyl sites for hydroxylation is 1.